The molecule has 9 nitrogen and oxygen atoms in total. The average molecular weight is 294 g/mol. The number of nitrogens with zero attached hydrogens (tertiary/aromatic N) is 1. The monoisotopic (exact) mass is 294 g/mol. The van der Waals surface area contributed by atoms with E-state index in [9.17, 15) is 19.5 Å². The number of carbonyl (C=O) groups is 3. The van der Waals surface area contributed by atoms with Crippen LogP contribution in [0.3, 0.4) is 0 Å². The van der Waals surface area contributed by atoms with Gasteiger partial charge >= 0.3 is 11.9 Å². The minimum absolute atomic E-state index is 0.0152. The Balaban J connectivity index is 1.80. The summed E-state index contributed by atoms with van der Waals surface area (Å²) in [5.41, 5.74) is 4.48. The highest BCUT2D eigenvalue weighted by molar-refractivity contribution is 5.93. The van der Waals surface area contributed by atoms with Gasteiger partial charge in [-0.1, -0.05) is 0 Å². The third kappa shape index (κ3) is 1.88. The maximum absolute atomic E-state index is 12.0. The molecule has 9 heteroatoms. The summed E-state index contributed by atoms with van der Waals surface area (Å²) < 4.78 is 0. The summed E-state index contributed by atoms with van der Waals surface area (Å²) in [6.45, 7) is 0. The quantitative estimate of drug-likeness (QED) is 0.458. The SMILES string of the molecule is N[C@@]1(C(=O)O)C[C@H](NC(=O)c2cnc[nH]2)[C@H]2[C@H](C(=O)O)[C@H]21. The number of nitrogens with two attached hydrogens (primary N) is 1. The zero-order valence-corrected chi connectivity index (χ0v) is 10.8. The summed E-state index contributed by atoms with van der Waals surface area (Å²) in [5, 5.41) is 21.0. The molecule has 2 fully saturated rings. The van der Waals surface area contributed by atoms with E-state index in [4.69, 9.17) is 10.8 Å². The molecule has 5 atom stereocenters. The number of aromatic amines is 1. The molecule has 112 valence electrons. The summed E-state index contributed by atoms with van der Waals surface area (Å²) in [6.07, 6.45) is 2.69. The highest BCUT2D eigenvalue weighted by Crippen LogP contribution is 2.61. The van der Waals surface area contributed by atoms with Gasteiger partial charge in [-0.05, 0) is 12.3 Å². The van der Waals surface area contributed by atoms with Gasteiger partial charge in [-0.25, -0.2) is 4.98 Å². The van der Waals surface area contributed by atoms with Crippen LogP contribution in [0.5, 0.6) is 0 Å². The summed E-state index contributed by atoms with van der Waals surface area (Å²) in [6, 6.07) is -0.576. The van der Waals surface area contributed by atoms with Crippen LogP contribution in [0.25, 0.3) is 0 Å². The van der Waals surface area contributed by atoms with Crippen molar-refractivity contribution in [2.45, 2.75) is 18.0 Å². The van der Waals surface area contributed by atoms with Crippen molar-refractivity contribution in [2.75, 3.05) is 0 Å². The molecule has 0 spiro atoms. The van der Waals surface area contributed by atoms with Crippen LogP contribution in [0.1, 0.15) is 16.9 Å². The first kappa shape index (κ1) is 13.6. The van der Waals surface area contributed by atoms with Crippen molar-refractivity contribution in [1.82, 2.24) is 15.3 Å². The number of aromatic nitrogens is 2. The largest absolute Gasteiger partial charge is 0.481 e. The number of H-pyrrole nitrogens is 1. The molecule has 21 heavy (non-hydrogen) atoms. The van der Waals surface area contributed by atoms with Gasteiger partial charge in [-0.2, -0.15) is 0 Å². The number of carboxylic acid groups (broad SMARTS) is 2. The second-order valence-electron chi connectivity index (χ2n) is 5.56. The highest BCUT2D eigenvalue weighted by Gasteiger charge is 2.74. The highest BCUT2D eigenvalue weighted by atomic mass is 16.4. The lowest BCUT2D eigenvalue weighted by Gasteiger charge is -2.24. The lowest BCUT2D eigenvalue weighted by atomic mass is 9.90. The molecule has 1 aromatic heterocycles. The molecule has 1 aromatic rings. The molecule has 3 rings (SSSR count). The van der Waals surface area contributed by atoms with Gasteiger partial charge < -0.3 is 26.2 Å². The first-order valence-corrected chi connectivity index (χ1v) is 6.40. The maximum atomic E-state index is 12.0. The van der Waals surface area contributed by atoms with E-state index < -0.39 is 47.2 Å². The van der Waals surface area contributed by atoms with Gasteiger partial charge in [0.05, 0.1) is 18.4 Å². The number of fused-ring (bicyclic) bond motifs is 1. The van der Waals surface area contributed by atoms with E-state index in [1.54, 1.807) is 0 Å². The molecule has 6 N–H and O–H groups in total. The number of amides is 1. The van der Waals surface area contributed by atoms with Crippen LogP contribution in [-0.2, 0) is 9.59 Å². The van der Waals surface area contributed by atoms with Gasteiger partial charge in [0.15, 0.2) is 0 Å². The molecule has 2 saturated carbocycles. The lowest BCUT2D eigenvalue weighted by Crippen LogP contribution is -2.52. The molecule has 2 aliphatic carbocycles. The Kier molecular flexibility index (Phi) is 2.77. The first-order chi connectivity index (χ1) is 9.86. The predicted molar refractivity (Wildman–Crippen MR) is 67.1 cm³/mol. The van der Waals surface area contributed by atoms with E-state index in [1.165, 1.54) is 12.5 Å². The molecule has 0 bridgehead atoms. The lowest BCUT2D eigenvalue weighted by molar-refractivity contribution is -0.145. The number of hydrogen-bond donors (Lipinski definition) is 5. The third-order valence-electron chi connectivity index (χ3n) is 4.44. The number of aliphatic carboxylic acids is 2. The van der Waals surface area contributed by atoms with E-state index >= 15 is 0 Å². The third-order valence-corrected chi connectivity index (χ3v) is 4.44. The Morgan fingerprint density at radius 1 is 1.43 bits per heavy atom. The van der Waals surface area contributed by atoms with Gasteiger partial charge in [-0.15, -0.1) is 0 Å². The van der Waals surface area contributed by atoms with Gasteiger partial charge in [-0.3, -0.25) is 14.4 Å². The molecule has 0 radical (unpaired) electrons. The van der Waals surface area contributed by atoms with Crippen molar-refractivity contribution in [1.29, 1.82) is 0 Å². The summed E-state index contributed by atoms with van der Waals surface area (Å²) in [4.78, 5) is 40.8. The van der Waals surface area contributed by atoms with Crippen LogP contribution < -0.4 is 11.1 Å². The zero-order chi connectivity index (χ0) is 15.4. The van der Waals surface area contributed by atoms with Crippen LogP contribution in [0.2, 0.25) is 0 Å². The first-order valence-electron chi connectivity index (χ1n) is 6.40. The fraction of sp³-hybridized carbons (Fsp3) is 0.500. The van der Waals surface area contributed by atoms with Gasteiger partial charge in [0.2, 0.25) is 0 Å². The van der Waals surface area contributed by atoms with Crippen molar-refractivity contribution in [3.8, 4) is 0 Å². The zero-order valence-electron chi connectivity index (χ0n) is 10.8. The van der Waals surface area contributed by atoms with Gasteiger partial charge in [0.1, 0.15) is 11.2 Å². The standard InChI is InChI=1S/C12H14N4O5/c13-12(11(20)21)1-4(6-7(8(6)12)10(18)19)16-9(17)5-2-14-3-15-5/h2-4,6-8H,1,13H2,(H,14,15)(H,16,17)(H,18,19)(H,20,21)/t4-,6-,7-,8-,12-/m0/s1. The Morgan fingerprint density at radius 2 is 2.14 bits per heavy atom. The van der Waals surface area contributed by atoms with E-state index in [0.717, 1.165) is 0 Å². The van der Waals surface area contributed by atoms with E-state index in [2.05, 4.69) is 15.3 Å². The van der Waals surface area contributed by atoms with Gasteiger partial charge in [0.25, 0.3) is 5.91 Å². The van der Waals surface area contributed by atoms with E-state index in [1.807, 2.05) is 0 Å². The minimum Gasteiger partial charge on any atom is -0.481 e. The Labute approximate surface area is 118 Å². The summed E-state index contributed by atoms with van der Waals surface area (Å²) in [5.74, 6) is -4.70. The number of imidazole rings is 1. The van der Waals surface area contributed by atoms with Gasteiger partial charge in [0, 0.05) is 12.0 Å². The fourth-order valence-corrected chi connectivity index (χ4v) is 3.46. The number of rotatable bonds is 4. The van der Waals surface area contributed by atoms with Crippen molar-refractivity contribution >= 4 is 17.8 Å². The van der Waals surface area contributed by atoms with Crippen molar-refractivity contribution in [3.63, 3.8) is 0 Å². The molecule has 2 aliphatic rings. The Bertz CT molecular complexity index is 615. The van der Waals surface area contributed by atoms with Crippen LogP contribution in [0.15, 0.2) is 12.5 Å². The summed E-state index contributed by atoms with van der Waals surface area (Å²) >= 11 is 0. The number of hydrogen-bond acceptors (Lipinski definition) is 5. The molecule has 0 unspecified atom stereocenters. The molecule has 0 saturated heterocycles. The van der Waals surface area contributed by atoms with Crippen molar-refractivity contribution in [2.24, 2.45) is 23.5 Å². The van der Waals surface area contributed by atoms with E-state index in [-0.39, 0.29) is 12.1 Å². The molecular formula is C12H14N4O5. The second kappa shape index (κ2) is 4.29. The molecule has 0 aliphatic heterocycles. The van der Waals surface area contributed by atoms with Crippen LogP contribution in [-0.4, -0.2) is 49.6 Å². The van der Waals surface area contributed by atoms with Crippen LogP contribution >= 0.6 is 0 Å². The molecule has 0 aromatic carbocycles. The molecule has 1 heterocycles. The summed E-state index contributed by atoms with van der Waals surface area (Å²) in [7, 11) is 0. The minimum atomic E-state index is -1.61. The normalized spacial score (nSPS) is 36.8. The Hall–Kier alpha value is -2.42. The fourth-order valence-electron chi connectivity index (χ4n) is 3.46. The smallest absolute Gasteiger partial charge is 0.324 e. The number of nitrogens with one attached hydrogen (secondary N) is 2. The Morgan fingerprint density at radius 3 is 2.67 bits per heavy atom. The van der Waals surface area contributed by atoms with Crippen LogP contribution in [0.4, 0.5) is 0 Å². The van der Waals surface area contributed by atoms with Crippen molar-refractivity contribution < 1.29 is 24.6 Å². The van der Waals surface area contributed by atoms with Crippen LogP contribution in [0, 0.1) is 17.8 Å². The second-order valence-corrected chi connectivity index (χ2v) is 5.56. The molecular weight excluding hydrogens is 280 g/mol. The maximum Gasteiger partial charge on any atom is 0.324 e. The average Bonchev–Trinajstić information content (AvgIpc) is 2.78. The number of carboxylic acids is 2. The molecule has 1 amide bonds. The van der Waals surface area contributed by atoms with Crippen molar-refractivity contribution in [3.05, 3.63) is 18.2 Å². The number of carbonyl (C=O) groups excluding carboxylic acids is 1. The predicted octanol–water partition coefficient (Wildman–Crippen LogP) is -1.36. The topological polar surface area (TPSA) is 158 Å². The van der Waals surface area contributed by atoms with E-state index in [0.29, 0.717) is 0 Å².